The third-order valence-corrected chi connectivity index (χ3v) is 3.72. The topological polar surface area (TPSA) is 41.1 Å². The second kappa shape index (κ2) is 8.57. The van der Waals surface area contributed by atoms with Crippen molar-refractivity contribution in [3.8, 4) is 0 Å². The van der Waals surface area contributed by atoms with Gasteiger partial charge in [-0.1, -0.05) is 48.0 Å². The van der Waals surface area contributed by atoms with Crippen molar-refractivity contribution < 1.29 is 4.79 Å². The summed E-state index contributed by atoms with van der Waals surface area (Å²) in [6.45, 7) is 3.71. The molecular weight excluding hydrogens is 296 g/mol. The Morgan fingerprint density at radius 2 is 1.95 bits per heavy atom. The van der Waals surface area contributed by atoms with Gasteiger partial charge in [0.25, 0.3) is 0 Å². The fourth-order valence-corrected chi connectivity index (χ4v) is 2.43. The number of hydrogen-bond donors (Lipinski definition) is 2. The standard InChI is InChI=1S/C18H21ClN2O/c1-14-5-2-3-7-16(14)12-20-13-18(22)21-10-9-15-6-4-8-17(19)11-15/h2-8,11,20H,9-10,12-13H2,1H3,(H,21,22). The van der Waals surface area contributed by atoms with Crippen molar-refractivity contribution in [3.05, 3.63) is 70.2 Å². The molecule has 2 rings (SSSR count). The first-order chi connectivity index (χ1) is 10.6. The maximum atomic E-state index is 11.8. The van der Waals surface area contributed by atoms with Crippen LogP contribution in [-0.4, -0.2) is 19.0 Å². The number of aryl methyl sites for hydroxylation is 1. The van der Waals surface area contributed by atoms with Crippen LogP contribution in [0.3, 0.4) is 0 Å². The van der Waals surface area contributed by atoms with E-state index in [-0.39, 0.29) is 5.91 Å². The van der Waals surface area contributed by atoms with Gasteiger partial charge in [0.1, 0.15) is 0 Å². The van der Waals surface area contributed by atoms with Gasteiger partial charge in [-0.15, -0.1) is 0 Å². The molecule has 0 bridgehead atoms. The van der Waals surface area contributed by atoms with Crippen LogP contribution in [0.4, 0.5) is 0 Å². The Balaban J connectivity index is 1.65. The number of rotatable bonds is 7. The van der Waals surface area contributed by atoms with Gasteiger partial charge in [0, 0.05) is 18.1 Å². The van der Waals surface area contributed by atoms with E-state index >= 15 is 0 Å². The average Bonchev–Trinajstić information content (AvgIpc) is 2.49. The molecule has 0 spiro atoms. The highest BCUT2D eigenvalue weighted by atomic mass is 35.5. The number of amides is 1. The second-order valence-corrected chi connectivity index (χ2v) is 5.70. The van der Waals surface area contributed by atoms with Crippen LogP contribution in [0.1, 0.15) is 16.7 Å². The molecule has 2 aromatic rings. The van der Waals surface area contributed by atoms with Crippen LogP contribution in [0.25, 0.3) is 0 Å². The maximum absolute atomic E-state index is 11.8. The molecule has 0 aliphatic rings. The number of halogens is 1. The molecule has 0 aliphatic heterocycles. The van der Waals surface area contributed by atoms with Gasteiger partial charge in [0.05, 0.1) is 6.54 Å². The van der Waals surface area contributed by atoms with Gasteiger partial charge in [-0.2, -0.15) is 0 Å². The lowest BCUT2D eigenvalue weighted by molar-refractivity contribution is -0.120. The zero-order valence-corrected chi connectivity index (χ0v) is 13.5. The lowest BCUT2D eigenvalue weighted by atomic mass is 10.1. The maximum Gasteiger partial charge on any atom is 0.233 e. The van der Waals surface area contributed by atoms with E-state index in [1.165, 1.54) is 11.1 Å². The van der Waals surface area contributed by atoms with Gasteiger partial charge in [-0.05, 0) is 42.2 Å². The Morgan fingerprint density at radius 3 is 2.73 bits per heavy atom. The second-order valence-electron chi connectivity index (χ2n) is 5.26. The zero-order chi connectivity index (χ0) is 15.8. The van der Waals surface area contributed by atoms with Crippen molar-refractivity contribution in [2.24, 2.45) is 0 Å². The van der Waals surface area contributed by atoms with E-state index in [1.807, 2.05) is 36.4 Å². The molecule has 0 radical (unpaired) electrons. The van der Waals surface area contributed by atoms with Crippen molar-refractivity contribution in [3.63, 3.8) is 0 Å². The minimum absolute atomic E-state index is 0.00983. The summed E-state index contributed by atoms with van der Waals surface area (Å²) in [5.74, 6) is 0.00983. The molecule has 2 N–H and O–H groups in total. The molecule has 2 aromatic carbocycles. The van der Waals surface area contributed by atoms with Crippen LogP contribution >= 0.6 is 11.6 Å². The van der Waals surface area contributed by atoms with Gasteiger partial charge in [-0.25, -0.2) is 0 Å². The Kier molecular flexibility index (Phi) is 6.44. The Labute approximate surface area is 136 Å². The van der Waals surface area contributed by atoms with Gasteiger partial charge in [0.15, 0.2) is 0 Å². The largest absolute Gasteiger partial charge is 0.355 e. The Bertz CT molecular complexity index is 628. The number of hydrogen-bond acceptors (Lipinski definition) is 2. The molecule has 116 valence electrons. The van der Waals surface area contributed by atoms with Crippen LogP contribution in [0.5, 0.6) is 0 Å². The number of benzene rings is 2. The Hall–Kier alpha value is -1.84. The summed E-state index contributed by atoms with van der Waals surface area (Å²) >= 11 is 5.93. The third-order valence-electron chi connectivity index (χ3n) is 3.49. The molecule has 4 heteroatoms. The molecule has 0 saturated carbocycles. The van der Waals surface area contributed by atoms with Crippen molar-refractivity contribution in [1.82, 2.24) is 10.6 Å². The van der Waals surface area contributed by atoms with E-state index in [0.29, 0.717) is 19.6 Å². The highest BCUT2D eigenvalue weighted by Crippen LogP contribution is 2.10. The predicted octanol–water partition coefficient (Wildman–Crippen LogP) is 3.10. The molecule has 3 nitrogen and oxygen atoms in total. The lowest BCUT2D eigenvalue weighted by Crippen LogP contribution is -2.34. The minimum Gasteiger partial charge on any atom is -0.355 e. The molecular formula is C18H21ClN2O. The summed E-state index contributed by atoms with van der Waals surface area (Å²) < 4.78 is 0. The molecule has 22 heavy (non-hydrogen) atoms. The van der Waals surface area contributed by atoms with Gasteiger partial charge < -0.3 is 10.6 Å². The van der Waals surface area contributed by atoms with Crippen LogP contribution in [0.15, 0.2) is 48.5 Å². The quantitative estimate of drug-likeness (QED) is 0.824. The predicted molar refractivity (Wildman–Crippen MR) is 91.1 cm³/mol. The van der Waals surface area contributed by atoms with Crippen LogP contribution in [0, 0.1) is 6.92 Å². The molecule has 0 aliphatic carbocycles. The first-order valence-corrected chi connectivity index (χ1v) is 7.79. The van der Waals surface area contributed by atoms with Gasteiger partial charge in [0.2, 0.25) is 5.91 Å². The SMILES string of the molecule is Cc1ccccc1CNCC(=O)NCCc1cccc(Cl)c1. The zero-order valence-electron chi connectivity index (χ0n) is 12.7. The van der Waals surface area contributed by atoms with E-state index in [4.69, 9.17) is 11.6 Å². The number of carbonyl (C=O) groups is 1. The smallest absolute Gasteiger partial charge is 0.233 e. The summed E-state index contributed by atoms with van der Waals surface area (Å²) in [4.78, 5) is 11.8. The van der Waals surface area contributed by atoms with Crippen LogP contribution < -0.4 is 10.6 Å². The molecule has 0 aromatic heterocycles. The van der Waals surface area contributed by atoms with Gasteiger partial charge in [-0.3, -0.25) is 4.79 Å². The van der Waals surface area contributed by atoms with E-state index in [9.17, 15) is 4.79 Å². The highest BCUT2D eigenvalue weighted by molar-refractivity contribution is 6.30. The molecule has 1 amide bonds. The lowest BCUT2D eigenvalue weighted by Gasteiger charge is -2.08. The molecule has 0 heterocycles. The van der Waals surface area contributed by atoms with Gasteiger partial charge >= 0.3 is 0 Å². The van der Waals surface area contributed by atoms with Crippen molar-refractivity contribution in [2.75, 3.05) is 13.1 Å². The Morgan fingerprint density at radius 1 is 1.14 bits per heavy atom. The molecule has 0 unspecified atom stereocenters. The molecule has 0 atom stereocenters. The third kappa shape index (κ3) is 5.51. The summed E-state index contributed by atoms with van der Waals surface area (Å²) in [6.07, 6.45) is 0.782. The average molecular weight is 317 g/mol. The number of carbonyl (C=O) groups excluding carboxylic acids is 1. The minimum atomic E-state index is 0.00983. The summed E-state index contributed by atoms with van der Waals surface area (Å²) in [7, 11) is 0. The van der Waals surface area contributed by atoms with E-state index in [0.717, 1.165) is 17.0 Å². The summed E-state index contributed by atoms with van der Waals surface area (Å²) in [5, 5.41) is 6.80. The fraction of sp³-hybridized carbons (Fsp3) is 0.278. The van der Waals surface area contributed by atoms with E-state index < -0.39 is 0 Å². The summed E-state index contributed by atoms with van der Waals surface area (Å²) in [6, 6.07) is 15.9. The van der Waals surface area contributed by atoms with Crippen LogP contribution in [-0.2, 0) is 17.8 Å². The first-order valence-electron chi connectivity index (χ1n) is 7.41. The van der Waals surface area contributed by atoms with Crippen molar-refractivity contribution in [1.29, 1.82) is 0 Å². The van der Waals surface area contributed by atoms with E-state index in [1.54, 1.807) is 0 Å². The first kappa shape index (κ1) is 16.5. The highest BCUT2D eigenvalue weighted by Gasteiger charge is 2.02. The van der Waals surface area contributed by atoms with Crippen LogP contribution in [0.2, 0.25) is 5.02 Å². The number of nitrogens with one attached hydrogen (secondary N) is 2. The van der Waals surface area contributed by atoms with Crippen molar-refractivity contribution >= 4 is 17.5 Å². The monoisotopic (exact) mass is 316 g/mol. The molecule has 0 saturated heterocycles. The van der Waals surface area contributed by atoms with E-state index in [2.05, 4.69) is 29.7 Å². The summed E-state index contributed by atoms with van der Waals surface area (Å²) in [5.41, 5.74) is 3.58. The molecule has 0 fully saturated rings. The normalized spacial score (nSPS) is 10.5. The fourth-order valence-electron chi connectivity index (χ4n) is 2.22. The van der Waals surface area contributed by atoms with Crippen molar-refractivity contribution in [2.45, 2.75) is 19.9 Å².